The highest BCUT2D eigenvalue weighted by molar-refractivity contribution is 5.96. The molecule has 0 spiro atoms. The molecule has 1 N–H and O–H groups in total. The van der Waals surface area contributed by atoms with Crippen LogP contribution in [0.3, 0.4) is 0 Å². The van der Waals surface area contributed by atoms with Crippen molar-refractivity contribution in [2.45, 2.75) is 70.9 Å². The molecule has 3 rings (SSSR count). The number of ether oxygens (including phenoxy) is 1. The van der Waals surface area contributed by atoms with Crippen LogP contribution in [-0.2, 0) is 4.74 Å². The highest BCUT2D eigenvalue weighted by Gasteiger charge is 2.36. The van der Waals surface area contributed by atoms with E-state index in [0.29, 0.717) is 23.2 Å². The molecule has 1 aromatic rings. The zero-order chi connectivity index (χ0) is 18.7. The van der Waals surface area contributed by atoms with Gasteiger partial charge in [-0.3, -0.25) is 10.1 Å². The van der Waals surface area contributed by atoms with Gasteiger partial charge in [0.15, 0.2) is 0 Å². The Hall–Kier alpha value is -2.04. The fourth-order valence-corrected chi connectivity index (χ4v) is 4.19. The molecule has 5 nitrogen and oxygen atoms in total. The Balaban J connectivity index is 1.70. The van der Waals surface area contributed by atoms with Crippen molar-refractivity contribution in [3.05, 3.63) is 29.8 Å². The van der Waals surface area contributed by atoms with Gasteiger partial charge in [0.05, 0.1) is 0 Å². The topological polar surface area (TPSA) is 58.6 Å². The second-order valence-electron chi connectivity index (χ2n) is 8.46. The largest absolute Gasteiger partial charge is 0.444 e. The lowest BCUT2D eigenvalue weighted by atomic mass is 9.78. The Morgan fingerprint density at radius 1 is 1.12 bits per heavy atom. The van der Waals surface area contributed by atoms with E-state index in [0.717, 1.165) is 19.4 Å². The molecule has 2 fully saturated rings. The Bertz CT molecular complexity index is 663. The van der Waals surface area contributed by atoms with Crippen molar-refractivity contribution in [3.63, 3.8) is 0 Å². The van der Waals surface area contributed by atoms with E-state index < -0.39 is 11.7 Å². The van der Waals surface area contributed by atoms with E-state index in [4.69, 9.17) is 4.74 Å². The van der Waals surface area contributed by atoms with Gasteiger partial charge in [0, 0.05) is 23.8 Å². The summed E-state index contributed by atoms with van der Waals surface area (Å²) >= 11 is 0. The first-order valence-electron chi connectivity index (χ1n) is 9.74. The van der Waals surface area contributed by atoms with Crippen LogP contribution in [0.1, 0.15) is 69.7 Å². The second-order valence-corrected chi connectivity index (χ2v) is 8.46. The molecule has 2 amide bonds. The van der Waals surface area contributed by atoms with E-state index >= 15 is 0 Å². The third-order valence-electron chi connectivity index (χ3n) is 5.26. The Kier molecular flexibility index (Phi) is 5.54. The number of amides is 2. The second kappa shape index (κ2) is 7.68. The van der Waals surface area contributed by atoms with Crippen molar-refractivity contribution < 1.29 is 14.3 Å². The SMILES string of the molecule is CC(C)(C)OC(=O)Nc1cccc(C(=O)N2CCCC3CCCCC32)c1. The van der Waals surface area contributed by atoms with Crippen molar-refractivity contribution in [1.82, 2.24) is 4.90 Å². The van der Waals surface area contributed by atoms with Crippen LogP contribution in [-0.4, -0.2) is 35.1 Å². The maximum absolute atomic E-state index is 13.1. The minimum Gasteiger partial charge on any atom is -0.444 e. The van der Waals surface area contributed by atoms with Gasteiger partial charge in [-0.25, -0.2) is 4.79 Å². The van der Waals surface area contributed by atoms with Gasteiger partial charge in [0.2, 0.25) is 0 Å². The molecule has 1 saturated heterocycles. The van der Waals surface area contributed by atoms with Crippen molar-refractivity contribution in [1.29, 1.82) is 0 Å². The summed E-state index contributed by atoms with van der Waals surface area (Å²) < 4.78 is 5.28. The molecule has 1 saturated carbocycles. The number of likely N-dealkylation sites (tertiary alicyclic amines) is 1. The van der Waals surface area contributed by atoms with Crippen molar-refractivity contribution in [2.75, 3.05) is 11.9 Å². The summed E-state index contributed by atoms with van der Waals surface area (Å²) in [6.45, 7) is 6.31. The lowest BCUT2D eigenvalue weighted by Crippen LogP contribution is -2.49. The monoisotopic (exact) mass is 358 g/mol. The first-order valence-corrected chi connectivity index (χ1v) is 9.74. The first-order chi connectivity index (χ1) is 12.3. The van der Waals surface area contributed by atoms with Gasteiger partial charge in [-0.15, -0.1) is 0 Å². The lowest BCUT2D eigenvalue weighted by molar-refractivity contribution is 0.0390. The summed E-state index contributed by atoms with van der Waals surface area (Å²) in [6, 6.07) is 7.54. The van der Waals surface area contributed by atoms with E-state index in [1.54, 1.807) is 12.1 Å². The van der Waals surface area contributed by atoms with E-state index in [9.17, 15) is 9.59 Å². The average molecular weight is 358 g/mol. The van der Waals surface area contributed by atoms with E-state index in [1.165, 1.54) is 25.7 Å². The van der Waals surface area contributed by atoms with Gasteiger partial charge < -0.3 is 9.64 Å². The Morgan fingerprint density at radius 3 is 2.62 bits per heavy atom. The maximum atomic E-state index is 13.1. The predicted octanol–water partition coefficient (Wildman–Crippen LogP) is 4.83. The van der Waals surface area contributed by atoms with Gasteiger partial charge in [0.25, 0.3) is 5.91 Å². The molecule has 1 heterocycles. The summed E-state index contributed by atoms with van der Waals surface area (Å²) in [6.07, 6.45) is 6.69. The van der Waals surface area contributed by atoms with Crippen LogP contribution < -0.4 is 5.32 Å². The molecule has 1 aromatic carbocycles. The van der Waals surface area contributed by atoms with Gasteiger partial charge in [-0.1, -0.05) is 18.9 Å². The number of hydrogen-bond donors (Lipinski definition) is 1. The molecule has 2 atom stereocenters. The molecule has 2 aliphatic rings. The minimum absolute atomic E-state index is 0.0782. The summed E-state index contributed by atoms with van der Waals surface area (Å²) in [5, 5.41) is 2.72. The summed E-state index contributed by atoms with van der Waals surface area (Å²) in [4.78, 5) is 27.1. The van der Waals surface area contributed by atoms with Crippen LogP contribution in [0.5, 0.6) is 0 Å². The molecular formula is C21H30N2O3. The molecule has 5 heteroatoms. The third-order valence-corrected chi connectivity index (χ3v) is 5.26. The maximum Gasteiger partial charge on any atom is 0.412 e. The van der Waals surface area contributed by atoms with Gasteiger partial charge in [0.1, 0.15) is 5.60 Å². The van der Waals surface area contributed by atoms with Gasteiger partial charge in [-0.2, -0.15) is 0 Å². The number of carbonyl (C=O) groups excluding carboxylic acids is 2. The van der Waals surface area contributed by atoms with Crippen LogP contribution >= 0.6 is 0 Å². The quantitative estimate of drug-likeness (QED) is 0.824. The molecule has 0 aromatic heterocycles. The van der Waals surface area contributed by atoms with E-state index in [-0.39, 0.29) is 5.91 Å². The molecule has 142 valence electrons. The molecule has 26 heavy (non-hydrogen) atoms. The highest BCUT2D eigenvalue weighted by Crippen LogP contribution is 2.36. The zero-order valence-electron chi connectivity index (χ0n) is 16.1. The third kappa shape index (κ3) is 4.57. The van der Waals surface area contributed by atoms with Crippen molar-refractivity contribution in [2.24, 2.45) is 5.92 Å². The summed E-state index contributed by atoms with van der Waals surface area (Å²) in [5.41, 5.74) is 0.661. The fourth-order valence-electron chi connectivity index (χ4n) is 4.19. The molecule has 1 aliphatic carbocycles. The normalized spacial score (nSPS) is 23.1. The van der Waals surface area contributed by atoms with Crippen LogP contribution in [0.2, 0.25) is 0 Å². The molecular weight excluding hydrogens is 328 g/mol. The number of fused-ring (bicyclic) bond motifs is 1. The number of nitrogens with zero attached hydrogens (tertiary/aromatic N) is 1. The van der Waals surface area contributed by atoms with Gasteiger partial charge >= 0.3 is 6.09 Å². The first kappa shape index (κ1) is 18.7. The van der Waals surface area contributed by atoms with Crippen molar-refractivity contribution >= 4 is 17.7 Å². The Labute approximate surface area is 156 Å². The smallest absolute Gasteiger partial charge is 0.412 e. The summed E-state index contributed by atoms with van der Waals surface area (Å²) in [5.74, 6) is 0.735. The van der Waals surface area contributed by atoms with Crippen LogP contribution in [0, 0.1) is 5.92 Å². The molecule has 0 bridgehead atoms. The predicted molar refractivity (Wildman–Crippen MR) is 102 cm³/mol. The summed E-state index contributed by atoms with van der Waals surface area (Å²) in [7, 11) is 0. The number of carbonyl (C=O) groups is 2. The molecule has 1 aliphatic heterocycles. The molecule has 0 radical (unpaired) electrons. The van der Waals surface area contributed by atoms with Gasteiger partial charge in [-0.05, 0) is 70.6 Å². The zero-order valence-corrected chi connectivity index (χ0v) is 16.1. The minimum atomic E-state index is -0.554. The standard InChI is InChI=1S/C21H30N2O3/c1-21(2,3)26-20(25)22-17-11-6-9-16(14-17)19(24)23-13-7-10-15-8-4-5-12-18(15)23/h6,9,11,14-15,18H,4-5,7-8,10,12-13H2,1-3H3,(H,22,25). The number of rotatable bonds is 2. The Morgan fingerprint density at radius 2 is 1.85 bits per heavy atom. The van der Waals surface area contributed by atoms with Crippen LogP contribution in [0.25, 0.3) is 0 Å². The van der Waals surface area contributed by atoms with Crippen LogP contribution in [0.4, 0.5) is 10.5 Å². The highest BCUT2D eigenvalue weighted by atomic mass is 16.6. The van der Waals surface area contributed by atoms with E-state index in [2.05, 4.69) is 10.2 Å². The number of benzene rings is 1. The van der Waals surface area contributed by atoms with Crippen LogP contribution in [0.15, 0.2) is 24.3 Å². The van der Waals surface area contributed by atoms with E-state index in [1.807, 2.05) is 32.9 Å². The fraction of sp³-hybridized carbons (Fsp3) is 0.619. The number of nitrogens with one attached hydrogen (secondary N) is 1. The number of anilines is 1. The lowest BCUT2D eigenvalue weighted by Gasteiger charge is -2.44. The average Bonchev–Trinajstić information content (AvgIpc) is 2.59. The number of hydrogen-bond acceptors (Lipinski definition) is 3. The molecule has 2 unspecified atom stereocenters. The van der Waals surface area contributed by atoms with Crippen molar-refractivity contribution in [3.8, 4) is 0 Å². The number of piperidine rings is 1.